The molecular formula is C29H38O. The third kappa shape index (κ3) is 5.72. The van der Waals surface area contributed by atoms with E-state index in [1.54, 1.807) is 0 Å². The van der Waals surface area contributed by atoms with Gasteiger partial charge >= 0.3 is 0 Å². The Morgan fingerprint density at radius 1 is 1.10 bits per heavy atom. The smallest absolute Gasteiger partial charge is 0.140 e. The molecule has 1 fully saturated rings. The van der Waals surface area contributed by atoms with Crippen molar-refractivity contribution in [3.05, 3.63) is 83.1 Å². The predicted molar refractivity (Wildman–Crippen MR) is 129 cm³/mol. The van der Waals surface area contributed by atoms with E-state index in [4.69, 9.17) is 0 Å². The van der Waals surface area contributed by atoms with Crippen LogP contribution in [0.25, 0.3) is 0 Å². The summed E-state index contributed by atoms with van der Waals surface area (Å²) in [7, 11) is 0. The van der Waals surface area contributed by atoms with E-state index in [2.05, 4.69) is 69.9 Å². The van der Waals surface area contributed by atoms with Crippen LogP contribution >= 0.6 is 0 Å². The minimum Gasteiger partial charge on any atom is -0.299 e. The number of rotatable bonds is 7. The molecule has 0 radical (unpaired) electrons. The second kappa shape index (κ2) is 10.8. The molecule has 3 rings (SSSR count). The van der Waals surface area contributed by atoms with Crippen molar-refractivity contribution in [2.45, 2.75) is 72.1 Å². The highest BCUT2D eigenvalue weighted by atomic mass is 16.1. The van der Waals surface area contributed by atoms with Gasteiger partial charge in [0, 0.05) is 12.3 Å². The van der Waals surface area contributed by atoms with Gasteiger partial charge in [-0.3, -0.25) is 4.79 Å². The minimum absolute atomic E-state index is 0.241. The Hall–Kier alpha value is -2.15. The summed E-state index contributed by atoms with van der Waals surface area (Å²) in [5.74, 6) is 1.83. The first-order chi connectivity index (χ1) is 14.5. The van der Waals surface area contributed by atoms with Crippen LogP contribution in [0.4, 0.5) is 0 Å². The van der Waals surface area contributed by atoms with E-state index in [1.807, 2.05) is 6.08 Å². The second-order valence-corrected chi connectivity index (χ2v) is 9.35. The maximum absolute atomic E-state index is 13.0. The molecule has 0 aromatic carbocycles. The molecule has 0 spiro atoms. The van der Waals surface area contributed by atoms with Gasteiger partial charge in [0.25, 0.3) is 0 Å². The largest absolute Gasteiger partial charge is 0.299 e. The van der Waals surface area contributed by atoms with Crippen molar-refractivity contribution in [2.24, 2.45) is 17.8 Å². The molecule has 0 aromatic rings. The zero-order chi connectivity index (χ0) is 21.5. The summed E-state index contributed by atoms with van der Waals surface area (Å²) in [4.78, 5) is 13.0. The predicted octanol–water partition coefficient (Wildman–Crippen LogP) is 8.00. The van der Waals surface area contributed by atoms with Gasteiger partial charge in [0.05, 0.1) is 0 Å². The Kier molecular flexibility index (Phi) is 8.08. The number of hydrogen-bond donors (Lipinski definition) is 0. The van der Waals surface area contributed by atoms with Crippen LogP contribution in [-0.2, 0) is 4.79 Å². The second-order valence-electron chi connectivity index (χ2n) is 9.35. The van der Waals surface area contributed by atoms with E-state index in [0.717, 1.165) is 44.9 Å². The van der Waals surface area contributed by atoms with Gasteiger partial charge < -0.3 is 0 Å². The Morgan fingerprint density at radius 3 is 2.53 bits per heavy atom. The van der Waals surface area contributed by atoms with Crippen molar-refractivity contribution in [3.8, 4) is 0 Å². The average Bonchev–Trinajstić information content (AvgIpc) is 2.96. The van der Waals surface area contributed by atoms with Crippen LogP contribution in [0.1, 0.15) is 72.1 Å². The van der Waals surface area contributed by atoms with Gasteiger partial charge in [-0.2, -0.15) is 0 Å². The lowest BCUT2D eigenvalue weighted by atomic mass is 9.73. The number of carbonyl (C=O) groups is 1. The molecule has 1 heteroatoms. The first-order valence-electron chi connectivity index (χ1n) is 11.7. The summed E-state index contributed by atoms with van der Waals surface area (Å²) >= 11 is 0. The van der Waals surface area contributed by atoms with Crippen LogP contribution in [-0.4, -0.2) is 5.78 Å². The maximum atomic E-state index is 13.0. The molecule has 0 heterocycles. The van der Waals surface area contributed by atoms with Gasteiger partial charge in [-0.1, -0.05) is 66.7 Å². The van der Waals surface area contributed by atoms with E-state index in [1.165, 1.54) is 27.9 Å². The molecule has 3 aliphatic carbocycles. The number of allylic oxidation sites excluding steroid dienone is 13. The van der Waals surface area contributed by atoms with Gasteiger partial charge in [0.2, 0.25) is 0 Å². The third-order valence-corrected chi connectivity index (χ3v) is 7.15. The topological polar surface area (TPSA) is 17.1 Å². The van der Waals surface area contributed by atoms with Crippen molar-refractivity contribution in [1.29, 1.82) is 0 Å². The summed E-state index contributed by atoms with van der Waals surface area (Å²) in [6.07, 6.45) is 25.6. The fourth-order valence-corrected chi connectivity index (χ4v) is 5.02. The van der Waals surface area contributed by atoms with E-state index in [9.17, 15) is 4.79 Å². The molecule has 0 bridgehead atoms. The minimum atomic E-state index is 0.241. The SMILES string of the molecule is C=CC/C=C(\C1=CC=CCC=C1C)C1CCC(C(=O)CC2=CC=C(C)C(C)C2)CC1. The van der Waals surface area contributed by atoms with Crippen molar-refractivity contribution < 1.29 is 4.79 Å². The van der Waals surface area contributed by atoms with Crippen LogP contribution in [0.3, 0.4) is 0 Å². The highest BCUT2D eigenvalue weighted by molar-refractivity contribution is 5.83. The monoisotopic (exact) mass is 402 g/mol. The standard InChI is InChI=1S/C29H38O/c1-5-6-11-28(27-12-9-7-8-10-22(27)3)25-15-17-26(18-16-25)29(30)20-24-14-13-21(2)23(4)19-24/h5,7,9-14,23,25-26H,1,6,8,15-20H2,2-4H3/b28-11-. The summed E-state index contributed by atoms with van der Waals surface area (Å²) in [5.41, 5.74) is 6.96. The molecule has 1 nitrogen and oxygen atoms in total. The van der Waals surface area contributed by atoms with Crippen molar-refractivity contribution in [2.75, 3.05) is 0 Å². The van der Waals surface area contributed by atoms with Crippen molar-refractivity contribution in [3.63, 3.8) is 0 Å². The first kappa shape index (κ1) is 22.5. The fourth-order valence-electron chi connectivity index (χ4n) is 5.02. The Labute approximate surface area is 183 Å². The number of hydrogen-bond acceptors (Lipinski definition) is 1. The van der Waals surface area contributed by atoms with Crippen LogP contribution < -0.4 is 0 Å². The zero-order valence-electron chi connectivity index (χ0n) is 19.1. The highest BCUT2D eigenvalue weighted by Gasteiger charge is 2.29. The lowest BCUT2D eigenvalue weighted by Crippen LogP contribution is -2.24. The Morgan fingerprint density at radius 2 is 1.83 bits per heavy atom. The van der Waals surface area contributed by atoms with Gasteiger partial charge in [-0.25, -0.2) is 0 Å². The van der Waals surface area contributed by atoms with Crippen LogP contribution in [0.15, 0.2) is 83.1 Å². The summed E-state index contributed by atoms with van der Waals surface area (Å²) in [5, 5.41) is 0. The van der Waals surface area contributed by atoms with Gasteiger partial charge in [0.1, 0.15) is 5.78 Å². The molecule has 3 aliphatic rings. The summed E-state index contributed by atoms with van der Waals surface area (Å²) in [6.45, 7) is 10.6. The molecule has 1 atom stereocenters. The van der Waals surface area contributed by atoms with Crippen molar-refractivity contribution >= 4 is 5.78 Å². The molecule has 0 amide bonds. The Bertz CT molecular complexity index is 832. The lowest BCUT2D eigenvalue weighted by Gasteiger charge is -2.31. The molecule has 30 heavy (non-hydrogen) atoms. The molecule has 0 saturated heterocycles. The van der Waals surface area contributed by atoms with Gasteiger partial charge in [-0.05, 0) is 87.3 Å². The van der Waals surface area contributed by atoms with E-state index < -0.39 is 0 Å². The number of ketones is 1. The van der Waals surface area contributed by atoms with Crippen LogP contribution in [0.5, 0.6) is 0 Å². The molecule has 0 N–H and O–H groups in total. The molecule has 0 aromatic heterocycles. The zero-order valence-corrected chi connectivity index (χ0v) is 19.1. The quantitative estimate of drug-likeness (QED) is 0.394. The van der Waals surface area contributed by atoms with E-state index in [-0.39, 0.29) is 5.92 Å². The maximum Gasteiger partial charge on any atom is 0.140 e. The first-order valence-corrected chi connectivity index (χ1v) is 11.7. The highest BCUT2D eigenvalue weighted by Crippen LogP contribution is 2.40. The molecule has 1 unspecified atom stereocenters. The molecule has 160 valence electrons. The van der Waals surface area contributed by atoms with E-state index >= 15 is 0 Å². The lowest BCUT2D eigenvalue weighted by molar-refractivity contribution is -0.123. The van der Waals surface area contributed by atoms with Crippen LogP contribution in [0.2, 0.25) is 0 Å². The fraction of sp³-hybridized carbons (Fsp3) is 0.483. The van der Waals surface area contributed by atoms with Crippen molar-refractivity contribution in [1.82, 2.24) is 0 Å². The summed E-state index contributed by atoms with van der Waals surface area (Å²) in [6, 6.07) is 0. The molecule has 1 saturated carbocycles. The third-order valence-electron chi connectivity index (χ3n) is 7.15. The van der Waals surface area contributed by atoms with Gasteiger partial charge in [0.15, 0.2) is 0 Å². The van der Waals surface area contributed by atoms with Gasteiger partial charge in [-0.15, -0.1) is 6.58 Å². The number of carbonyl (C=O) groups excluding carboxylic acids is 1. The Balaban J connectivity index is 1.64. The normalized spacial score (nSPS) is 27.4. The van der Waals surface area contributed by atoms with E-state index in [0.29, 0.717) is 24.0 Å². The number of Topliss-reactive ketones (excluding diaryl/α,β-unsaturated/α-hetero) is 1. The summed E-state index contributed by atoms with van der Waals surface area (Å²) < 4.78 is 0. The molecular weight excluding hydrogens is 364 g/mol. The molecule has 0 aliphatic heterocycles. The average molecular weight is 403 g/mol. The van der Waals surface area contributed by atoms with Crippen LogP contribution in [0, 0.1) is 17.8 Å².